The molecule has 2 amide bonds. The molecule has 7 heteroatoms. The predicted molar refractivity (Wildman–Crippen MR) is 99.2 cm³/mol. The number of hydrogen-bond donors (Lipinski definition) is 2. The summed E-state index contributed by atoms with van der Waals surface area (Å²) in [5.41, 5.74) is -1.15. The highest BCUT2D eigenvalue weighted by atomic mass is 16.5. The number of likely N-dealkylation sites (N-methyl/N-ethyl adjacent to an activating group) is 2. The molecule has 0 saturated heterocycles. The minimum absolute atomic E-state index is 0.112. The van der Waals surface area contributed by atoms with Crippen LogP contribution < -0.4 is 0 Å². The van der Waals surface area contributed by atoms with Crippen LogP contribution in [0.15, 0.2) is 12.3 Å². The SMILES string of the molecule is CN(C)C(=O)[C@H](O)[C@@H](O/C=C/[C@@H]1CCC[C@@]1(O)C(C)(C)C)C(=O)N(C)C. The van der Waals surface area contributed by atoms with Crippen molar-refractivity contribution in [2.24, 2.45) is 11.3 Å². The molecule has 0 aromatic carbocycles. The Hall–Kier alpha value is -1.60. The molecule has 1 fully saturated rings. The maximum Gasteiger partial charge on any atom is 0.266 e. The molecule has 0 radical (unpaired) electrons. The van der Waals surface area contributed by atoms with Crippen LogP contribution >= 0.6 is 0 Å². The normalized spacial score (nSPS) is 25.8. The number of carbonyl (C=O) groups excluding carboxylic acids is 2. The van der Waals surface area contributed by atoms with Gasteiger partial charge in [0, 0.05) is 34.1 Å². The smallest absolute Gasteiger partial charge is 0.266 e. The molecule has 1 aliphatic carbocycles. The fourth-order valence-corrected chi connectivity index (χ4v) is 3.34. The number of amides is 2. The van der Waals surface area contributed by atoms with E-state index in [1.165, 1.54) is 44.3 Å². The third kappa shape index (κ3) is 4.76. The molecule has 7 nitrogen and oxygen atoms in total. The Morgan fingerprint density at radius 2 is 1.69 bits per heavy atom. The second kappa shape index (κ2) is 8.39. The van der Waals surface area contributed by atoms with Crippen LogP contribution in [0.1, 0.15) is 40.0 Å². The molecule has 2 N–H and O–H groups in total. The Labute approximate surface area is 156 Å². The third-order valence-electron chi connectivity index (χ3n) is 5.19. The summed E-state index contributed by atoms with van der Waals surface area (Å²) in [5.74, 6) is -1.22. The van der Waals surface area contributed by atoms with Crippen molar-refractivity contribution in [2.45, 2.75) is 57.8 Å². The number of carbonyl (C=O) groups is 2. The summed E-state index contributed by atoms with van der Waals surface area (Å²) in [6.45, 7) is 5.99. The highest BCUT2D eigenvalue weighted by molar-refractivity contribution is 5.90. The zero-order valence-corrected chi connectivity index (χ0v) is 17.0. The van der Waals surface area contributed by atoms with Gasteiger partial charge in [-0.15, -0.1) is 0 Å². The van der Waals surface area contributed by atoms with E-state index in [0.29, 0.717) is 6.42 Å². The molecule has 0 aromatic heterocycles. The Balaban J connectivity index is 2.94. The van der Waals surface area contributed by atoms with Gasteiger partial charge in [-0.1, -0.05) is 20.8 Å². The zero-order chi connectivity index (χ0) is 20.3. The van der Waals surface area contributed by atoms with Gasteiger partial charge in [-0.25, -0.2) is 0 Å². The summed E-state index contributed by atoms with van der Waals surface area (Å²) in [7, 11) is 6.07. The topological polar surface area (TPSA) is 90.3 Å². The maximum absolute atomic E-state index is 12.3. The molecule has 0 bridgehead atoms. The number of hydrogen-bond acceptors (Lipinski definition) is 5. The van der Waals surface area contributed by atoms with Crippen LogP contribution in [0.25, 0.3) is 0 Å². The van der Waals surface area contributed by atoms with Crippen LogP contribution in [0.4, 0.5) is 0 Å². The van der Waals surface area contributed by atoms with Gasteiger partial charge < -0.3 is 24.7 Å². The van der Waals surface area contributed by atoms with E-state index < -0.39 is 29.6 Å². The molecule has 0 aromatic rings. The van der Waals surface area contributed by atoms with E-state index in [9.17, 15) is 19.8 Å². The average molecular weight is 370 g/mol. The third-order valence-corrected chi connectivity index (χ3v) is 5.19. The van der Waals surface area contributed by atoms with Crippen molar-refractivity contribution in [1.82, 2.24) is 9.80 Å². The van der Waals surface area contributed by atoms with Gasteiger partial charge in [0.05, 0.1) is 11.9 Å². The molecular weight excluding hydrogens is 336 g/mol. The van der Waals surface area contributed by atoms with Crippen molar-refractivity contribution in [1.29, 1.82) is 0 Å². The first kappa shape index (κ1) is 22.4. The average Bonchev–Trinajstić information content (AvgIpc) is 2.91. The lowest BCUT2D eigenvalue weighted by Gasteiger charge is -2.41. The van der Waals surface area contributed by atoms with Crippen LogP contribution in [0, 0.1) is 11.3 Å². The van der Waals surface area contributed by atoms with Crippen molar-refractivity contribution >= 4 is 11.8 Å². The van der Waals surface area contributed by atoms with Crippen molar-refractivity contribution in [3.8, 4) is 0 Å². The second-order valence-electron chi connectivity index (χ2n) is 8.47. The van der Waals surface area contributed by atoms with E-state index in [1.807, 2.05) is 20.8 Å². The molecule has 1 aliphatic rings. The minimum Gasteiger partial charge on any atom is -0.485 e. The van der Waals surface area contributed by atoms with Crippen molar-refractivity contribution in [3.63, 3.8) is 0 Å². The maximum atomic E-state index is 12.3. The fraction of sp³-hybridized carbons (Fsp3) is 0.789. The molecule has 1 rings (SSSR count). The molecule has 0 unspecified atom stereocenters. The van der Waals surface area contributed by atoms with Gasteiger partial charge in [0.25, 0.3) is 11.8 Å². The highest BCUT2D eigenvalue weighted by Crippen LogP contribution is 2.47. The lowest BCUT2D eigenvalue weighted by atomic mass is 9.70. The summed E-state index contributed by atoms with van der Waals surface area (Å²) in [6, 6.07) is 0. The van der Waals surface area contributed by atoms with Crippen LogP contribution in [0.3, 0.4) is 0 Å². The molecule has 0 heterocycles. The highest BCUT2D eigenvalue weighted by Gasteiger charge is 2.48. The van der Waals surface area contributed by atoms with Gasteiger partial charge in [0.15, 0.2) is 6.10 Å². The standard InChI is InChI=1S/C19H34N2O5/c1-18(2,3)19(25)11-8-9-13(19)10-12-26-15(17(24)21(6)7)14(22)16(23)20(4)5/h10,12-15,22,25H,8-9,11H2,1-7H3/b12-10+/t13-,14+,15+,19-/m0/s1. The summed E-state index contributed by atoms with van der Waals surface area (Å²) in [6.07, 6.45) is 2.57. The Bertz CT molecular complexity index is 539. The van der Waals surface area contributed by atoms with E-state index in [2.05, 4.69) is 0 Å². The number of rotatable bonds is 6. The lowest BCUT2D eigenvalue weighted by molar-refractivity contribution is -0.155. The molecule has 1 saturated carbocycles. The molecule has 0 aliphatic heterocycles. The largest absolute Gasteiger partial charge is 0.485 e. The molecule has 4 atom stereocenters. The second-order valence-corrected chi connectivity index (χ2v) is 8.47. The fourth-order valence-electron chi connectivity index (χ4n) is 3.34. The van der Waals surface area contributed by atoms with Gasteiger partial charge in [0.2, 0.25) is 6.10 Å². The van der Waals surface area contributed by atoms with Crippen LogP contribution in [0.2, 0.25) is 0 Å². The summed E-state index contributed by atoms with van der Waals surface area (Å²) in [4.78, 5) is 26.8. The van der Waals surface area contributed by atoms with E-state index >= 15 is 0 Å². The van der Waals surface area contributed by atoms with E-state index in [1.54, 1.807) is 6.08 Å². The van der Waals surface area contributed by atoms with Crippen LogP contribution in [-0.4, -0.2) is 77.8 Å². The van der Waals surface area contributed by atoms with Crippen molar-refractivity contribution < 1.29 is 24.5 Å². The summed E-state index contributed by atoms with van der Waals surface area (Å²) >= 11 is 0. The first-order valence-electron chi connectivity index (χ1n) is 8.98. The van der Waals surface area contributed by atoms with Crippen LogP contribution in [-0.2, 0) is 14.3 Å². The van der Waals surface area contributed by atoms with Crippen molar-refractivity contribution in [3.05, 3.63) is 12.3 Å². The molecular formula is C19H34N2O5. The van der Waals surface area contributed by atoms with Gasteiger partial charge in [-0.2, -0.15) is 0 Å². The van der Waals surface area contributed by atoms with E-state index in [-0.39, 0.29) is 11.3 Å². The number of aliphatic hydroxyl groups is 2. The number of nitrogens with zero attached hydrogens (tertiary/aromatic N) is 2. The predicted octanol–water partition coefficient (Wildman–Crippen LogP) is 1.000. The van der Waals surface area contributed by atoms with Crippen LogP contribution in [0.5, 0.6) is 0 Å². The first-order chi connectivity index (χ1) is 11.8. The number of ether oxygens (including phenoxy) is 1. The van der Waals surface area contributed by atoms with Gasteiger partial charge in [0.1, 0.15) is 0 Å². The van der Waals surface area contributed by atoms with Crippen molar-refractivity contribution in [2.75, 3.05) is 28.2 Å². The van der Waals surface area contributed by atoms with E-state index in [0.717, 1.165) is 12.8 Å². The molecule has 26 heavy (non-hydrogen) atoms. The summed E-state index contributed by atoms with van der Waals surface area (Å²) in [5, 5.41) is 21.3. The Kier molecular flexibility index (Phi) is 7.24. The van der Waals surface area contributed by atoms with Gasteiger partial charge in [-0.3, -0.25) is 9.59 Å². The first-order valence-corrected chi connectivity index (χ1v) is 8.98. The minimum atomic E-state index is -1.60. The lowest BCUT2D eigenvalue weighted by Crippen LogP contribution is -2.49. The zero-order valence-electron chi connectivity index (χ0n) is 17.0. The quantitative estimate of drug-likeness (QED) is 0.681. The van der Waals surface area contributed by atoms with E-state index in [4.69, 9.17) is 4.74 Å². The number of aliphatic hydroxyl groups excluding tert-OH is 1. The summed E-state index contributed by atoms with van der Waals surface area (Å²) < 4.78 is 5.49. The Morgan fingerprint density at radius 3 is 2.15 bits per heavy atom. The molecule has 0 spiro atoms. The van der Waals surface area contributed by atoms with Gasteiger partial charge >= 0.3 is 0 Å². The van der Waals surface area contributed by atoms with Gasteiger partial charge in [-0.05, 0) is 30.8 Å². The Morgan fingerprint density at radius 1 is 1.15 bits per heavy atom. The monoisotopic (exact) mass is 370 g/mol. The molecule has 150 valence electrons.